The number of β-amino-alcohol motifs (C(OH)–C–C–N with tert-alkyl or cyclic N) is 1. The van der Waals surface area contributed by atoms with Crippen molar-refractivity contribution in [1.29, 1.82) is 0 Å². The number of aliphatic hydroxyl groups is 1. The van der Waals surface area contributed by atoms with Gasteiger partial charge in [-0.1, -0.05) is 13.8 Å². The van der Waals surface area contributed by atoms with Crippen LogP contribution in [0.3, 0.4) is 0 Å². The van der Waals surface area contributed by atoms with Gasteiger partial charge in [0, 0.05) is 0 Å². The topological polar surface area (TPSA) is 53.7 Å². The summed E-state index contributed by atoms with van der Waals surface area (Å²) in [4.78, 5) is 13.3. The number of likely N-dealkylation sites (tertiary alicyclic amines) is 1. The molecule has 0 spiro atoms. The Bertz CT molecular complexity index is 350. The van der Waals surface area contributed by atoms with Crippen LogP contribution in [0.2, 0.25) is 0 Å². The minimum Gasteiger partial charge on any atom is -0.459 e. The maximum Gasteiger partial charge on any atom is 0.289 e. The van der Waals surface area contributed by atoms with E-state index in [9.17, 15) is 9.90 Å². The molecule has 2 rings (SSSR count). The van der Waals surface area contributed by atoms with Crippen molar-refractivity contribution >= 4 is 5.91 Å². The van der Waals surface area contributed by atoms with Crippen molar-refractivity contribution in [2.45, 2.75) is 19.4 Å². The first-order valence-electron chi connectivity index (χ1n) is 5.08. The van der Waals surface area contributed by atoms with Crippen molar-refractivity contribution in [3.63, 3.8) is 0 Å². The molecule has 1 amide bonds. The lowest BCUT2D eigenvalue weighted by Crippen LogP contribution is -2.65. The molecule has 2 heterocycles. The molecule has 0 aliphatic carbocycles. The number of amides is 1. The van der Waals surface area contributed by atoms with Gasteiger partial charge in [0.25, 0.3) is 5.91 Å². The SMILES string of the molecule is CC(C)C1(O)CN(C(=O)c2ccco2)C1. The van der Waals surface area contributed by atoms with E-state index in [0.29, 0.717) is 18.8 Å². The van der Waals surface area contributed by atoms with Gasteiger partial charge in [-0.05, 0) is 18.1 Å². The van der Waals surface area contributed by atoms with E-state index in [1.54, 1.807) is 17.0 Å². The van der Waals surface area contributed by atoms with Crippen molar-refractivity contribution in [2.75, 3.05) is 13.1 Å². The lowest BCUT2D eigenvalue weighted by atomic mass is 9.83. The van der Waals surface area contributed by atoms with Crippen LogP contribution in [0, 0.1) is 5.92 Å². The van der Waals surface area contributed by atoms with Gasteiger partial charge in [-0.2, -0.15) is 0 Å². The molecule has 0 radical (unpaired) electrons. The summed E-state index contributed by atoms with van der Waals surface area (Å²) in [7, 11) is 0. The molecule has 1 aromatic heterocycles. The van der Waals surface area contributed by atoms with Crippen LogP contribution in [-0.2, 0) is 0 Å². The third-order valence-electron chi connectivity index (χ3n) is 3.02. The van der Waals surface area contributed by atoms with Crippen LogP contribution in [-0.4, -0.2) is 34.6 Å². The minimum atomic E-state index is -0.720. The highest BCUT2D eigenvalue weighted by Crippen LogP contribution is 2.29. The van der Waals surface area contributed by atoms with E-state index in [2.05, 4.69) is 0 Å². The van der Waals surface area contributed by atoms with E-state index in [-0.39, 0.29) is 11.8 Å². The lowest BCUT2D eigenvalue weighted by molar-refractivity contribution is -0.111. The Morgan fingerprint density at radius 1 is 1.60 bits per heavy atom. The highest BCUT2D eigenvalue weighted by Gasteiger charge is 2.46. The zero-order chi connectivity index (χ0) is 11.1. The predicted octanol–water partition coefficient (Wildman–Crippen LogP) is 1.12. The Labute approximate surface area is 88.5 Å². The van der Waals surface area contributed by atoms with E-state index in [1.165, 1.54) is 6.26 Å². The molecule has 1 aliphatic rings. The van der Waals surface area contributed by atoms with Crippen LogP contribution >= 0.6 is 0 Å². The Morgan fingerprint density at radius 2 is 2.27 bits per heavy atom. The molecule has 0 saturated carbocycles. The summed E-state index contributed by atoms with van der Waals surface area (Å²) in [6, 6.07) is 3.32. The molecule has 1 saturated heterocycles. The largest absolute Gasteiger partial charge is 0.459 e. The molecule has 4 nitrogen and oxygen atoms in total. The second-order valence-corrected chi connectivity index (χ2v) is 4.40. The highest BCUT2D eigenvalue weighted by molar-refractivity contribution is 5.92. The number of rotatable bonds is 2. The zero-order valence-electron chi connectivity index (χ0n) is 8.93. The summed E-state index contributed by atoms with van der Waals surface area (Å²) in [6.45, 7) is 4.69. The quantitative estimate of drug-likeness (QED) is 0.794. The third kappa shape index (κ3) is 1.65. The van der Waals surface area contributed by atoms with Gasteiger partial charge < -0.3 is 14.4 Å². The number of carbonyl (C=O) groups is 1. The molecule has 0 unspecified atom stereocenters. The Balaban J connectivity index is 1.98. The maximum atomic E-state index is 11.7. The van der Waals surface area contributed by atoms with Gasteiger partial charge in [-0.25, -0.2) is 0 Å². The molecular weight excluding hydrogens is 194 g/mol. The van der Waals surface area contributed by atoms with E-state index in [1.807, 2.05) is 13.8 Å². The van der Waals surface area contributed by atoms with Gasteiger partial charge in [-0.3, -0.25) is 4.79 Å². The Hall–Kier alpha value is -1.29. The van der Waals surface area contributed by atoms with Crippen molar-refractivity contribution in [3.05, 3.63) is 24.2 Å². The predicted molar refractivity (Wildman–Crippen MR) is 54.4 cm³/mol. The lowest BCUT2D eigenvalue weighted by Gasteiger charge is -2.48. The van der Waals surface area contributed by atoms with Crippen molar-refractivity contribution in [3.8, 4) is 0 Å². The molecular formula is C11H15NO3. The molecule has 15 heavy (non-hydrogen) atoms. The minimum absolute atomic E-state index is 0.148. The van der Waals surface area contributed by atoms with Gasteiger partial charge in [-0.15, -0.1) is 0 Å². The molecule has 1 aliphatic heterocycles. The number of carbonyl (C=O) groups excluding carboxylic acids is 1. The van der Waals surface area contributed by atoms with Gasteiger partial charge in [0.1, 0.15) is 5.60 Å². The average Bonchev–Trinajstić information content (AvgIpc) is 2.64. The first kappa shape index (κ1) is 10.2. The number of hydrogen-bond donors (Lipinski definition) is 1. The van der Waals surface area contributed by atoms with Crippen LogP contribution in [0.25, 0.3) is 0 Å². The number of nitrogens with zero attached hydrogens (tertiary/aromatic N) is 1. The van der Waals surface area contributed by atoms with Gasteiger partial charge in [0.15, 0.2) is 5.76 Å². The summed E-state index contributed by atoms with van der Waals surface area (Å²) < 4.78 is 5.01. The summed E-state index contributed by atoms with van der Waals surface area (Å²) in [5.41, 5.74) is -0.720. The van der Waals surface area contributed by atoms with Crippen LogP contribution in [0.1, 0.15) is 24.4 Å². The fourth-order valence-electron chi connectivity index (χ4n) is 1.68. The van der Waals surface area contributed by atoms with Crippen molar-refractivity contribution < 1.29 is 14.3 Å². The number of hydrogen-bond acceptors (Lipinski definition) is 3. The van der Waals surface area contributed by atoms with E-state index >= 15 is 0 Å². The highest BCUT2D eigenvalue weighted by atomic mass is 16.3. The summed E-state index contributed by atoms with van der Waals surface area (Å²) in [5.74, 6) is 0.351. The smallest absolute Gasteiger partial charge is 0.289 e. The molecule has 82 valence electrons. The zero-order valence-corrected chi connectivity index (χ0v) is 8.93. The van der Waals surface area contributed by atoms with E-state index in [0.717, 1.165) is 0 Å². The van der Waals surface area contributed by atoms with Crippen LogP contribution in [0.15, 0.2) is 22.8 Å². The molecule has 1 N–H and O–H groups in total. The molecule has 4 heteroatoms. The van der Waals surface area contributed by atoms with Gasteiger partial charge in [0.05, 0.1) is 19.4 Å². The molecule has 0 atom stereocenters. The van der Waals surface area contributed by atoms with Crippen LogP contribution in [0.4, 0.5) is 0 Å². The van der Waals surface area contributed by atoms with E-state index < -0.39 is 5.60 Å². The first-order chi connectivity index (χ1) is 7.03. The van der Waals surface area contributed by atoms with Crippen molar-refractivity contribution in [1.82, 2.24) is 4.90 Å². The molecule has 1 aromatic rings. The summed E-state index contributed by atoms with van der Waals surface area (Å²) in [5, 5.41) is 9.98. The third-order valence-corrected chi connectivity index (χ3v) is 3.02. The standard InChI is InChI=1S/C11H15NO3/c1-8(2)11(14)6-12(7-11)10(13)9-4-3-5-15-9/h3-5,8,14H,6-7H2,1-2H3. The Morgan fingerprint density at radius 3 is 2.73 bits per heavy atom. The average molecular weight is 209 g/mol. The summed E-state index contributed by atoms with van der Waals surface area (Å²) >= 11 is 0. The fraction of sp³-hybridized carbons (Fsp3) is 0.545. The second kappa shape index (κ2) is 3.38. The van der Waals surface area contributed by atoms with E-state index in [4.69, 9.17) is 4.42 Å². The van der Waals surface area contributed by atoms with Crippen LogP contribution < -0.4 is 0 Å². The second-order valence-electron chi connectivity index (χ2n) is 4.40. The van der Waals surface area contributed by atoms with Crippen molar-refractivity contribution in [2.24, 2.45) is 5.92 Å². The Kier molecular flexibility index (Phi) is 2.31. The van der Waals surface area contributed by atoms with Crippen LogP contribution in [0.5, 0.6) is 0 Å². The molecule has 0 aromatic carbocycles. The fourth-order valence-corrected chi connectivity index (χ4v) is 1.68. The normalized spacial score (nSPS) is 19.1. The molecule has 1 fully saturated rings. The van der Waals surface area contributed by atoms with Gasteiger partial charge in [0.2, 0.25) is 0 Å². The molecule has 0 bridgehead atoms. The number of furan rings is 1. The maximum absolute atomic E-state index is 11.7. The summed E-state index contributed by atoms with van der Waals surface area (Å²) in [6.07, 6.45) is 1.47. The first-order valence-corrected chi connectivity index (χ1v) is 5.08. The van der Waals surface area contributed by atoms with Gasteiger partial charge >= 0.3 is 0 Å². The monoisotopic (exact) mass is 209 g/mol.